The molecule has 1 aromatic rings. The number of nitrogens with one attached hydrogen (secondary N) is 1. The second-order valence-electron chi connectivity index (χ2n) is 7.01. The van der Waals surface area contributed by atoms with Crippen molar-refractivity contribution in [3.63, 3.8) is 0 Å². The molecule has 1 rings (SSSR count). The Morgan fingerprint density at radius 1 is 1.00 bits per heavy atom. The number of aromatic amines is 1. The molecule has 0 aliphatic carbocycles. The molecule has 0 aliphatic rings. The third-order valence-electron chi connectivity index (χ3n) is 4.62. The lowest BCUT2D eigenvalue weighted by molar-refractivity contribution is 0.312. The molecule has 1 heterocycles. The first-order valence-electron chi connectivity index (χ1n) is 7.49. The van der Waals surface area contributed by atoms with Crippen molar-refractivity contribution in [3.05, 3.63) is 23.5 Å². The summed E-state index contributed by atoms with van der Waals surface area (Å²) in [5, 5.41) is 0. The molecule has 0 saturated heterocycles. The van der Waals surface area contributed by atoms with Crippen molar-refractivity contribution < 1.29 is 0 Å². The van der Waals surface area contributed by atoms with E-state index in [1.165, 1.54) is 43.5 Å². The predicted molar refractivity (Wildman–Crippen MR) is 81.1 cm³/mol. The summed E-state index contributed by atoms with van der Waals surface area (Å²) < 4.78 is 0. The maximum atomic E-state index is 3.61. The first-order valence-corrected chi connectivity index (χ1v) is 7.49. The highest BCUT2D eigenvalue weighted by Crippen LogP contribution is 2.28. The first-order chi connectivity index (χ1) is 8.30. The number of hydrogen-bond acceptors (Lipinski definition) is 0. The van der Waals surface area contributed by atoms with Gasteiger partial charge in [0.25, 0.3) is 0 Å². The zero-order chi connectivity index (χ0) is 13.8. The highest BCUT2D eigenvalue weighted by molar-refractivity contribution is 5.20. The summed E-state index contributed by atoms with van der Waals surface area (Å²) in [5.41, 5.74) is 3.56. The van der Waals surface area contributed by atoms with E-state index in [-0.39, 0.29) is 5.41 Å². The summed E-state index contributed by atoms with van der Waals surface area (Å²) >= 11 is 0. The van der Waals surface area contributed by atoms with Gasteiger partial charge < -0.3 is 4.98 Å². The Kier molecular flexibility index (Phi) is 5.07. The van der Waals surface area contributed by atoms with Gasteiger partial charge in [0, 0.05) is 16.8 Å². The van der Waals surface area contributed by atoms with Crippen molar-refractivity contribution >= 4 is 0 Å². The fourth-order valence-electron chi connectivity index (χ4n) is 2.11. The van der Waals surface area contributed by atoms with E-state index in [9.17, 15) is 0 Å². The van der Waals surface area contributed by atoms with Gasteiger partial charge in [-0.3, -0.25) is 0 Å². The van der Waals surface area contributed by atoms with Gasteiger partial charge in [0.1, 0.15) is 0 Å². The van der Waals surface area contributed by atoms with Crippen LogP contribution in [-0.4, -0.2) is 4.98 Å². The molecule has 0 fully saturated rings. The number of hydrogen-bond donors (Lipinski definition) is 1. The zero-order valence-electron chi connectivity index (χ0n) is 13.2. The third-order valence-corrected chi connectivity index (χ3v) is 4.62. The quantitative estimate of drug-likeness (QED) is 0.660. The number of aryl methyl sites for hydroxylation is 1. The van der Waals surface area contributed by atoms with Gasteiger partial charge in [0.15, 0.2) is 0 Å². The van der Waals surface area contributed by atoms with Crippen LogP contribution in [-0.2, 0) is 11.8 Å². The van der Waals surface area contributed by atoms with Crippen LogP contribution in [0.15, 0.2) is 12.1 Å². The zero-order valence-corrected chi connectivity index (χ0v) is 13.2. The first kappa shape index (κ1) is 15.3. The Morgan fingerprint density at radius 3 is 2.22 bits per heavy atom. The predicted octanol–water partition coefficient (Wildman–Crippen LogP) is 5.46. The molecule has 0 atom stereocenters. The summed E-state index contributed by atoms with van der Waals surface area (Å²) in [6, 6.07) is 4.54. The van der Waals surface area contributed by atoms with Gasteiger partial charge in [-0.1, -0.05) is 48.0 Å². The molecule has 0 amide bonds. The molecular formula is C17H31N. The summed E-state index contributed by atoms with van der Waals surface area (Å²) in [4.78, 5) is 3.61. The molecule has 1 aromatic heterocycles. The maximum absolute atomic E-state index is 3.61. The number of rotatable bonds is 7. The van der Waals surface area contributed by atoms with E-state index >= 15 is 0 Å². The van der Waals surface area contributed by atoms with E-state index in [1.807, 2.05) is 0 Å². The van der Waals surface area contributed by atoms with Gasteiger partial charge in [-0.15, -0.1) is 0 Å². The lowest BCUT2D eigenvalue weighted by Crippen LogP contribution is -2.16. The summed E-state index contributed by atoms with van der Waals surface area (Å²) in [6.07, 6.45) is 6.23. The number of aromatic nitrogens is 1. The van der Waals surface area contributed by atoms with Crippen LogP contribution in [0.1, 0.15) is 78.6 Å². The van der Waals surface area contributed by atoms with E-state index in [1.54, 1.807) is 0 Å². The molecular weight excluding hydrogens is 218 g/mol. The maximum Gasteiger partial charge on any atom is 0.0206 e. The molecule has 0 bridgehead atoms. The molecule has 1 heteroatoms. The fourth-order valence-corrected chi connectivity index (χ4v) is 2.11. The summed E-state index contributed by atoms with van der Waals surface area (Å²) in [5.74, 6) is 0. The van der Waals surface area contributed by atoms with Crippen LogP contribution in [0.4, 0.5) is 0 Å². The third kappa shape index (κ3) is 4.19. The van der Waals surface area contributed by atoms with Gasteiger partial charge in [-0.2, -0.15) is 0 Å². The molecule has 0 aliphatic heterocycles. The monoisotopic (exact) mass is 249 g/mol. The van der Waals surface area contributed by atoms with Crippen LogP contribution in [0.5, 0.6) is 0 Å². The van der Waals surface area contributed by atoms with Crippen LogP contribution in [0.2, 0.25) is 0 Å². The van der Waals surface area contributed by atoms with Crippen LogP contribution >= 0.6 is 0 Å². The molecule has 104 valence electrons. The van der Waals surface area contributed by atoms with Crippen molar-refractivity contribution in [2.24, 2.45) is 5.41 Å². The van der Waals surface area contributed by atoms with Crippen molar-refractivity contribution in [1.82, 2.24) is 4.98 Å². The van der Waals surface area contributed by atoms with E-state index in [0.29, 0.717) is 5.41 Å². The minimum atomic E-state index is 0.279. The van der Waals surface area contributed by atoms with Crippen LogP contribution in [0.25, 0.3) is 0 Å². The highest BCUT2D eigenvalue weighted by Gasteiger charge is 2.20. The highest BCUT2D eigenvalue weighted by atomic mass is 14.7. The SMILES string of the molecule is CCC(C)(C)CCCc1ccc(C(C)(C)CC)[nH]1. The minimum absolute atomic E-state index is 0.279. The largest absolute Gasteiger partial charge is 0.362 e. The van der Waals surface area contributed by atoms with Gasteiger partial charge in [-0.25, -0.2) is 0 Å². The molecule has 1 nitrogen and oxygen atoms in total. The molecule has 0 radical (unpaired) electrons. The van der Waals surface area contributed by atoms with Crippen LogP contribution in [0.3, 0.4) is 0 Å². The second-order valence-corrected chi connectivity index (χ2v) is 7.01. The van der Waals surface area contributed by atoms with Crippen molar-refractivity contribution in [2.45, 2.75) is 79.1 Å². The van der Waals surface area contributed by atoms with Crippen LogP contribution in [0, 0.1) is 5.41 Å². The fraction of sp³-hybridized carbons (Fsp3) is 0.765. The van der Waals surface area contributed by atoms with Crippen LogP contribution < -0.4 is 0 Å². The molecule has 18 heavy (non-hydrogen) atoms. The number of H-pyrrole nitrogens is 1. The minimum Gasteiger partial charge on any atom is -0.362 e. The Bertz CT molecular complexity index is 357. The Balaban J connectivity index is 2.50. The van der Waals surface area contributed by atoms with Crippen molar-refractivity contribution in [1.29, 1.82) is 0 Å². The molecule has 0 saturated carbocycles. The summed E-state index contributed by atoms with van der Waals surface area (Å²) in [7, 11) is 0. The van der Waals surface area contributed by atoms with Gasteiger partial charge in [0.2, 0.25) is 0 Å². The van der Waals surface area contributed by atoms with Gasteiger partial charge in [-0.05, 0) is 43.2 Å². The molecule has 0 unspecified atom stereocenters. The Hall–Kier alpha value is -0.720. The van der Waals surface area contributed by atoms with Crippen molar-refractivity contribution in [3.8, 4) is 0 Å². The molecule has 0 spiro atoms. The lowest BCUT2D eigenvalue weighted by Gasteiger charge is -2.22. The van der Waals surface area contributed by atoms with E-state index < -0.39 is 0 Å². The topological polar surface area (TPSA) is 15.8 Å². The van der Waals surface area contributed by atoms with E-state index in [0.717, 1.165) is 0 Å². The van der Waals surface area contributed by atoms with Gasteiger partial charge >= 0.3 is 0 Å². The second kappa shape index (κ2) is 5.95. The lowest BCUT2D eigenvalue weighted by atomic mass is 9.84. The Labute approximate surface area is 113 Å². The average molecular weight is 249 g/mol. The average Bonchev–Trinajstić information content (AvgIpc) is 2.78. The molecule has 0 aromatic carbocycles. The normalized spacial score (nSPS) is 13.0. The Morgan fingerprint density at radius 2 is 1.67 bits per heavy atom. The standard InChI is InChI=1S/C17H31N/c1-7-16(3,4)13-9-10-14-11-12-15(18-14)17(5,6)8-2/h11-12,18H,7-10,13H2,1-6H3. The van der Waals surface area contributed by atoms with Crippen molar-refractivity contribution in [2.75, 3.05) is 0 Å². The summed E-state index contributed by atoms with van der Waals surface area (Å²) in [6.45, 7) is 13.9. The molecule has 1 N–H and O–H groups in total. The smallest absolute Gasteiger partial charge is 0.0206 e. The van der Waals surface area contributed by atoms with E-state index in [4.69, 9.17) is 0 Å². The van der Waals surface area contributed by atoms with E-state index in [2.05, 4.69) is 58.7 Å². The van der Waals surface area contributed by atoms with Gasteiger partial charge in [0.05, 0.1) is 0 Å².